The van der Waals surface area contributed by atoms with Gasteiger partial charge in [-0.05, 0) is 25.5 Å². The molecule has 2 aromatic heterocycles. The molecule has 0 aliphatic heterocycles. The number of hydrogen-bond acceptors (Lipinski definition) is 4. The third kappa shape index (κ3) is 2.85. The lowest BCUT2D eigenvalue weighted by molar-refractivity contribution is -0.386. The number of nitrogens with one attached hydrogen (secondary N) is 2. The number of aromatic amines is 1. The number of nitro groups is 1. The summed E-state index contributed by atoms with van der Waals surface area (Å²) in [5.41, 5.74) is 1.61. The molecule has 0 spiro atoms. The van der Waals surface area contributed by atoms with Gasteiger partial charge in [-0.1, -0.05) is 0 Å². The highest BCUT2D eigenvalue weighted by Gasteiger charge is 2.22. The summed E-state index contributed by atoms with van der Waals surface area (Å²) < 4.78 is 1.35. The van der Waals surface area contributed by atoms with Crippen molar-refractivity contribution in [3.05, 3.63) is 45.5 Å². The van der Waals surface area contributed by atoms with Crippen molar-refractivity contribution < 1.29 is 9.72 Å². The largest absolute Gasteiger partial charge is 0.367 e. The molecule has 0 radical (unpaired) electrons. The fraction of sp³-hybridized carbons (Fsp3) is 0.333. The second-order valence-electron chi connectivity index (χ2n) is 4.43. The molecule has 2 N–H and O–H groups in total. The van der Waals surface area contributed by atoms with E-state index in [0.717, 1.165) is 5.56 Å². The number of amides is 1. The molecule has 2 aromatic rings. The molecular formula is C12H15N5O3. The zero-order valence-electron chi connectivity index (χ0n) is 11.2. The summed E-state index contributed by atoms with van der Waals surface area (Å²) in [4.78, 5) is 25.1. The lowest BCUT2D eigenvalue weighted by Crippen LogP contribution is -2.27. The zero-order valence-corrected chi connectivity index (χ0v) is 11.2. The summed E-state index contributed by atoms with van der Waals surface area (Å²) in [7, 11) is 0. The van der Waals surface area contributed by atoms with Gasteiger partial charge in [0.1, 0.15) is 17.9 Å². The van der Waals surface area contributed by atoms with Crippen molar-refractivity contribution in [1.29, 1.82) is 0 Å². The summed E-state index contributed by atoms with van der Waals surface area (Å²) in [6.45, 7) is 3.51. The maximum absolute atomic E-state index is 11.8. The Morgan fingerprint density at radius 2 is 2.30 bits per heavy atom. The van der Waals surface area contributed by atoms with E-state index < -0.39 is 4.92 Å². The van der Waals surface area contributed by atoms with Crippen molar-refractivity contribution in [2.75, 3.05) is 0 Å². The molecule has 2 rings (SSSR count). The number of carbonyl (C=O) groups is 1. The topological polar surface area (TPSA) is 106 Å². The first-order chi connectivity index (χ1) is 9.49. The molecule has 20 heavy (non-hydrogen) atoms. The molecule has 0 saturated heterocycles. The Morgan fingerprint density at radius 3 is 2.85 bits per heavy atom. The minimum atomic E-state index is -0.480. The van der Waals surface area contributed by atoms with Gasteiger partial charge in [-0.3, -0.25) is 19.6 Å². The van der Waals surface area contributed by atoms with Crippen molar-refractivity contribution in [3.63, 3.8) is 0 Å². The van der Waals surface area contributed by atoms with E-state index in [1.54, 1.807) is 26.2 Å². The van der Waals surface area contributed by atoms with Crippen LogP contribution in [0.25, 0.3) is 0 Å². The fourth-order valence-electron chi connectivity index (χ4n) is 1.97. The molecule has 0 atom stereocenters. The summed E-state index contributed by atoms with van der Waals surface area (Å²) >= 11 is 0. The van der Waals surface area contributed by atoms with E-state index in [1.807, 2.05) is 6.07 Å². The van der Waals surface area contributed by atoms with E-state index in [1.165, 1.54) is 4.68 Å². The van der Waals surface area contributed by atoms with Gasteiger partial charge in [-0.25, -0.2) is 0 Å². The molecule has 0 unspecified atom stereocenters. The van der Waals surface area contributed by atoms with Crippen LogP contribution in [0, 0.1) is 24.0 Å². The van der Waals surface area contributed by atoms with Gasteiger partial charge in [0.25, 0.3) is 0 Å². The zero-order chi connectivity index (χ0) is 14.7. The molecule has 106 valence electrons. The first-order valence-electron chi connectivity index (χ1n) is 6.06. The second kappa shape index (κ2) is 5.55. The number of hydrogen-bond donors (Lipinski definition) is 2. The lowest BCUT2D eigenvalue weighted by Gasteiger charge is -2.05. The van der Waals surface area contributed by atoms with Gasteiger partial charge >= 0.3 is 5.69 Å². The number of H-pyrrole nitrogens is 1. The highest BCUT2D eigenvalue weighted by atomic mass is 16.6. The Balaban J connectivity index is 2.01. The van der Waals surface area contributed by atoms with Crippen LogP contribution < -0.4 is 5.32 Å². The van der Waals surface area contributed by atoms with E-state index in [0.29, 0.717) is 17.9 Å². The standard InChI is InChI=1S/C12H15N5O3/c1-8-12(17(19)20)9(2)16(15-8)7-11(18)14-6-10-3-4-13-5-10/h3-5,13H,6-7H2,1-2H3,(H,14,18). The van der Waals surface area contributed by atoms with Gasteiger partial charge in [0.2, 0.25) is 5.91 Å². The van der Waals surface area contributed by atoms with Crippen molar-refractivity contribution in [1.82, 2.24) is 20.1 Å². The van der Waals surface area contributed by atoms with Crippen LogP contribution in [0.5, 0.6) is 0 Å². The second-order valence-corrected chi connectivity index (χ2v) is 4.43. The Bertz CT molecular complexity index is 630. The predicted octanol–water partition coefficient (Wildman–Crippen LogP) is 1.05. The molecule has 0 aromatic carbocycles. The smallest absolute Gasteiger partial charge is 0.312 e. The normalized spacial score (nSPS) is 10.5. The van der Waals surface area contributed by atoms with E-state index in [2.05, 4.69) is 15.4 Å². The van der Waals surface area contributed by atoms with Gasteiger partial charge < -0.3 is 10.3 Å². The molecule has 8 nitrogen and oxygen atoms in total. The molecular weight excluding hydrogens is 262 g/mol. The van der Waals surface area contributed by atoms with E-state index in [9.17, 15) is 14.9 Å². The highest BCUT2D eigenvalue weighted by molar-refractivity contribution is 5.75. The van der Waals surface area contributed by atoms with Crippen LogP contribution in [0.3, 0.4) is 0 Å². The Labute approximate surface area is 114 Å². The van der Waals surface area contributed by atoms with Gasteiger partial charge in [0.05, 0.1) is 4.92 Å². The van der Waals surface area contributed by atoms with E-state index >= 15 is 0 Å². The summed E-state index contributed by atoms with van der Waals surface area (Å²) in [6.07, 6.45) is 3.56. The average molecular weight is 277 g/mol. The van der Waals surface area contributed by atoms with E-state index in [-0.39, 0.29) is 18.1 Å². The first kappa shape index (κ1) is 13.8. The first-order valence-corrected chi connectivity index (χ1v) is 6.06. The minimum Gasteiger partial charge on any atom is -0.367 e. The maximum atomic E-state index is 11.8. The Hall–Kier alpha value is -2.64. The summed E-state index contributed by atoms with van der Waals surface area (Å²) in [6, 6.07) is 1.86. The van der Waals surface area contributed by atoms with Crippen LogP contribution in [0.4, 0.5) is 5.69 Å². The number of nitrogens with zero attached hydrogens (tertiary/aromatic N) is 3. The van der Waals surface area contributed by atoms with Crippen LogP contribution in [0.2, 0.25) is 0 Å². The van der Waals surface area contributed by atoms with Gasteiger partial charge in [0.15, 0.2) is 0 Å². The van der Waals surface area contributed by atoms with Gasteiger partial charge in [0, 0.05) is 18.9 Å². The molecule has 0 fully saturated rings. The van der Waals surface area contributed by atoms with Gasteiger partial charge in [-0.2, -0.15) is 5.10 Å². The summed E-state index contributed by atoms with van der Waals surface area (Å²) in [5.74, 6) is -0.244. The Kier molecular flexibility index (Phi) is 3.83. The number of rotatable bonds is 5. The molecule has 2 heterocycles. The lowest BCUT2D eigenvalue weighted by atomic mass is 10.3. The van der Waals surface area contributed by atoms with Gasteiger partial charge in [-0.15, -0.1) is 0 Å². The molecule has 0 saturated carbocycles. The van der Waals surface area contributed by atoms with Crippen LogP contribution in [0.15, 0.2) is 18.5 Å². The summed E-state index contributed by atoms with van der Waals surface area (Å²) in [5, 5.41) is 17.6. The van der Waals surface area contributed by atoms with Crippen LogP contribution in [-0.2, 0) is 17.9 Å². The van der Waals surface area contributed by atoms with Crippen molar-refractivity contribution >= 4 is 11.6 Å². The molecule has 0 aliphatic rings. The third-order valence-corrected chi connectivity index (χ3v) is 2.97. The molecule has 0 bridgehead atoms. The fourth-order valence-corrected chi connectivity index (χ4v) is 1.97. The third-order valence-electron chi connectivity index (χ3n) is 2.97. The maximum Gasteiger partial charge on any atom is 0.312 e. The van der Waals surface area contributed by atoms with Crippen LogP contribution >= 0.6 is 0 Å². The van der Waals surface area contributed by atoms with Crippen molar-refractivity contribution in [2.24, 2.45) is 0 Å². The van der Waals surface area contributed by atoms with E-state index in [4.69, 9.17) is 0 Å². The van der Waals surface area contributed by atoms with Crippen molar-refractivity contribution in [2.45, 2.75) is 26.9 Å². The average Bonchev–Trinajstić information content (AvgIpc) is 2.96. The SMILES string of the molecule is Cc1nn(CC(=O)NCc2cc[nH]c2)c(C)c1[N+](=O)[O-]. The van der Waals surface area contributed by atoms with Crippen LogP contribution in [0.1, 0.15) is 17.0 Å². The minimum absolute atomic E-state index is 0.0368. The monoisotopic (exact) mass is 277 g/mol. The highest BCUT2D eigenvalue weighted by Crippen LogP contribution is 2.21. The predicted molar refractivity (Wildman–Crippen MR) is 71.0 cm³/mol. The molecule has 1 amide bonds. The quantitative estimate of drug-likeness (QED) is 0.629. The number of carbonyl (C=O) groups excluding carboxylic acids is 1. The number of aryl methyl sites for hydroxylation is 1. The Morgan fingerprint density at radius 1 is 1.55 bits per heavy atom. The molecule has 8 heteroatoms. The number of aromatic nitrogens is 3. The van der Waals surface area contributed by atoms with Crippen LogP contribution in [-0.4, -0.2) is 25.6 Å². The molecule has 0 aliphatic carbocycles. The van der Waals surface area contributed by atoms with Crippen molar-refractivity contribution in [3.8, 4) is 0 Å².